The van der Waals surface area contributed by atoms with Crippen LogP contribution >= 0.6 is 15.9 Å². The van der Waals surface area contributed by atoms with Crippen molar-refractivity contribution in [3.05, 3.63) is 63.9 Å². The van der Waals surface area contributed by atoms with Gasteiger partial charge in [-0.05, 0) is 68.1 Å². The van der Waals surface area contributed by atoms with E-state index in [1.54, 1.807) is 37.3 Å². The van der Waals surface area contributed by atoms with Crippen LogP contribution in [0.1, 0.15) is 44.7 Å². The molecular formula is C25H33BrFN3O4S. The van der Waals surface area contributed by atoms with Crippen LogP contribution in [0.3, 0.4) is 0 Å². The first-order valence-corrected chi connectivity index (χ1v) is 14.1. The van der Waals surface area contributed by atoms with Gasteiger partial charge in [-0.3, -0.25) is 13.9 Å². The maximum Gasteiger partial charge on any atom is 0.244 e. The van der Waals surface area contributed by atoms with Gasteiger partial charge in [-0.15, -0.1) is 0 Å². The topological polar surface area (TPSA) is 86.8 Å². The van der Waals surface area contributed by atoms with Crippen LogP contribution in [-0.4, -0.2) is 50.0 Å². The lowest BCUT2D eigenvalue weighted by Gasteiger charge is -2.33. The fourth-order valence-corrected chi connectivity index (χ4v) is 4.63. The van der Waals surface area contributed by atoms with Crippen LogP contribution in [-0.2, 0) is 26.2 Å². The predicted molar refractivity (Wildman–Crippen MR) is 140 cm³/mol. The molecule has 0 saturated carbocycles. The average Bonchev–Trinajstić information content (AvgIpc) is 2.79. The first-order valence-electron chi connectivity index (χ1n) is 11.5. The number of hydrogen-bond donors (Lipinski definition) is 1. The van der Waals surface area contributed by atoms with Crippen LogP contribution in [0.2, 0.25) is 0 Å². The molecule has 2 aromatic carbocycles. The Balaban J connectivity index is 2.45. The van der Waals surface area contributed by atoms with Gasteiger partial charge in [-0.25, -0.2) is 12.8 Å². The summed E-state index contributed by atoms with van der Waals surface area (Å²) in [4.78, 5) is 28.0. The number of benzene rings is 2. The molecular weight excluding hydrogens is 537 g/mol. The van der Waals surface area contributed by atoms with Gasteiger partial charge in [0.25, 0.3) is 0 Å². The molecule has 1 N–H and O–H groups in total. The molecule has 0 spiro atoms. The van der Waals surface area contributed by atoms with E-state index in [4.69, 9.17) is 0 Å². The number of rotatable bonds is 11. The third kappa shape index (κ3) is 8.03. The fraction of sp³-hybridized carbons (Fsp3) is 0.440. The lowest BCUT2D eigenvalue weighted by Crippen LogP contribution is -2.53. The summed E-state index contributed by atoms with van der Waals surface area (Å²) in [5, 5.41) is 2.91. The number of hydrogen-bond acceptors (Lipinski definition) is 4. The summed E-state index contributed by atoms with van der Waals surface area (Å²) < 4.78 is 40.6. The number of carbonyl (C=O) groups excluding carboxylic acids is 2. The molecule has 2 amide bonds. The lowest BCUT2D eigenvalue weighted by molar-refractivity contribution is -0.140. The Labute approximate surface area is 215 Å². The molecule has 0 aromatic heterocycles. The summed E-state index contributed by atoms with van der Waals surface area (Å²) in [6.07, 6.45) is 2.08. The molecule has 0 bridgehead atoms. The molecule has 0 unspecified atom stereocenters. The second-order valence-corrected chi connectivity index (χ2v) is 11.4. The van der Waals surface area contributed by atoms with E-state index in [0.29, 0.717) is 17.7 Å². The van der Waals surface area contributed by atoms with Crippen molar-refractivity contribution in [3.63, 3.8) is 0 Å². The molecule has 7 nitrogen and oxygen atoms in total. The maximum absolute atomic E-state index is 13.6. The Bertz CT molecular complexity index is 1140. The van der Waals surface area contributed by atoms with Crippen LogP contribution in [0.25, 0.3) is 0 Å². The summed E-state index contributed by atoms with van der Waals surface area (Å²) in [6, 6.07) is 9.75. The van der Waals surface area contributed by atoms with Gasteiger partial charge in [-0.2, -0.15) is 0 Å². The number of aryl methyl sites for hydroxylation is 1. The molecule has 2 aromatic rings. The summed E-state index contributed by atoms with van der Waals surface area (Å²) in [5.74, 6) is -1.27. The molecule has 0 radical (unpaired) electrons. The summed E-state index contributed by atoms with van der Waals surface area (Å²) in [5.41, 5.74) is 1.78. The Morgan fingerprint density at radius 2 is 1.71 bits per heavy atom. The molecule has 0 aliphatic heterocycles. The third-order valence-electron chi connectivity index (χ3n) is 5.76. The van der Waals surface area contributed by atoms with Crippen LogP contribution in [0, 0.1) is 12.7 Å². The lowest BCUT2D eigenvalue weighted by atomic mass is 10.1. The highest BCUT2D eigenvalue weighted by atomic mass is 79.9. The van der Waals surface area contributed by atoms with Gasteiger partial charge in [0, 0.05) is 17.1 Å². The Kier molecular flexibility index (Phi) is 10.3. The van der Waals surface area contributed by atoms with Crippen molar-refractivity contribution in [2.45, 2.75) is 59.2 Å². The highest BCUT2D eigenvalue weighted by molar-refractivity contribution is 9.10. The van der Waals surface area contributed by atoms with Gasteiger partial charge in [0.05, 0.1) is 11.9 Å². The van der Waals surface area contributed by atoms with Crippen molar-refractivity contribution in [1.82, 2.24) is 10.2 Å². The van der Waals surface area contributed by atoms with Crippen molar-refractivity contribution < 1.29 is 22.4 Å². The zero-order chi connectivity index (χ0) is 26.3. The van der Waals surface area contributed by atoms with Gasteiger partial charge in [0.1, 0.15) is 18.4 Å². The highest BCUT2D eigenvalue weighted by Gasteiger charge is 2.32. The van der Waals surface area contributed by atoms with E-state index in [-0.39, 0.29) is 18.5 Å². The van der Waals surface area contributed by atoms with E-state index in [2.05, 4.69) is 21.2 Å². The van der Waals surface area contributed by atoms with Crippen molar-refractivity contribution in [2.24, 2.45) is 0 Å². The fourth-order valence-electron chi connectivity index (χ4n) is 3.54. The number of amides is 2. The number of sulfonamides is 1. The first kappa shape index (κ1) is 28.8. The smallest absolute Gasteiger partial charge is 0.244 e. The van der Waals surface area contributed by atoms with E-state index in [1.807, 2.05) is 20.8 Å². The number of anilines is 1. The highest BCUT2D eigenvalue weighted by Crippen LogP contribution is 2.25. The van der Waals surface area contributed by atoms with Gasteiger partial charge < -0.3 is 10.2 Å². The minimum absolute atomic E-state index is 0.0303. The molecule has 10 heteroatoms. The van der Waals surface area contributed by atoms with Gasteiger partial charge in [-0.1, -0.05) is 41.9 Å². The SMILES string of the molecule is CC[C@H](C(=O)N[C@@H](C)CC)N(Cc1ccc(F)cc1)C(=O)CN(c1ccc(Br)c(C)c1)S(C)(=O)=O. The number of carbonyl (C=O) groups is 2. The Morgan fingerprint density at radius 3 is 2.23 bits per heavy atom. The van der Waals surface area contributed by atoms with E-state index < -0.39 is 34.3 Å². The van der Waals surface area contributed by atoms with Crippen LogP contribution in [0.4, 0.5) is 10.1 Å². The third-order valence-corrected chi connectivity index (χ3v) is 7.79. The van der Waals surface area contributed by atoms with Crippen molar-refractivity contribution >= 4 is 43.5 Å². The Morgan fingerprint density at radius 1 is 1.09 bits per heavy atom. The Hall–Kier alpha value is -2.46. The van der Waals surface area contributed by atoms with Crippen molar-refractivity contribution in [2.75, 3.05) is 17.1 Å². The second-order valence-electron chi connectivity index (χ2n) is 8.59. The summed E-state index contributed by atoms with van der Waals surface area (Å²) >= 11 is 3.40. The molecule has 192 valence electrons. The quantitative estimate of drug-likeness (QED) is 0.435. The van der Waals surface area contributed by atoms with Crippen LogP contribution in [0.15, 0.2) is 46.9 Å². The molecule has 0 saturated heterocycles. The predicted octanol–water partition coefficient (Wildman–Crippen LogP) is 4.38. The molecule has 0 aliphatic carbocycles. The van der Waals surface area contributed by atoms with Crippen LogP contribution < -0.4 is 9.62 Å². The number of nitrogens with one attached hydrogen (secondary N) is 1. The number of nitrogens with zero attached hydrogens (tertiary/aromatic N) is 2. The van der Waals surface area contributed by atoms with E-state index in [0.717, 1.165) is 27.0 Å². The normalized spacial score (nSPS) is 13.1. The largest absolute Gasteiger partial charge is 0.352 e. The van der Waals surface area contributed by atoms with Crippen molar-refractivity contribution in [1.29, 1.82) is 0 Å². The minimum Gasteiger partial charge on any atom is -0.352 e. The molecule has 0 fully saturated rings. The van der Waals surface area contributed by atoms with Gasteiger partial charge in [0.2, 0.25) is 21.8 Å². The zero-order valence-corrected chi connectivity index (χ0v) is 23.1. The van der Waals surface area contributed by atoms with E-state index >= 15 is 0 Å². The minimum atomic E-state index is -3.81. The standard InChI is InChI=1S/C25H33BrFN3O4S/c1-6-18(4)28-25(32)23(7-2)29(15-19-8-10-20(27)11-9-19)24(31)16-30(35(5,33)34)21-12-13-22(26)17(3)14-21/h8-14,18,23H,6-7,15-16H2,1-5H3,(H,28,32)/t18-,23+/m0/s1. The number of halogens is 2. The van der Waals surface area contributed by atoms with E-state index in [1.165, 1.54) is 17.0 Å². The molecule has 0 aliphatic rings. The monoisotopic (exact) mass is 569 g/mol. The molecule has 0 heterocycles. The second kappa shape index (κ2) is 12.5. The van der Waals surface area contributed by atoms with Gasteiger partial charge >= 0.3 is 0 Å². The molecule has 2 atom stereocenters. The first-order chi connectivity index (χ1) is 16.4. The van der Waals surface area contributed by atoms with Gasteiger partial charge in [0.15, 0.2) is 0 Å². The maximum atomic E-state index is 13.6. The molecule has 2 rings (SSSR count). The summed E-state index contributed by atoms with van der Waals surface area (Å²) in [7, 11) is -3.81. The van der Waals surface area contributed by atoms with Crippen LogP contribution in [0.5, 0.6) is 0 Å². The molecule has 35 heavy (non-hydrogen) atoms. The zero-order valence-electron chi connectivity index (χ0n) is 20.7. The van der Waals surface area contributed by atoms with Crippen molar-refractivity contribution in [3.8, 4) is 0 Å². The average molecular weight is 571 g/mol. The summed E-state index contributed by atoms with van der Waals surface area (Å²) in [6.45, 7) is 6.98. The van der Waals surface area contributed by atoms with E-state index in [9.17, 15) is 22.4 Å².